The second kappa shape index (κ2) is 48.7. The van der Waals surface area contributed by atoms with E-state index in [0.717, 1.165) is 109 Å². The first-order valence-corrected chi connectivity index (χ1v) is 26.4. The molecule has 0 aliphatic carbocycles. The van der Waals surface area contributed by atoms with Gasteiger partial charge in [-0.3, -0.25) is 9.59 Å². The number of likely N-dealkylation sites (N-methyl/N-ethyl adjacent to an activating group) is 1. The van der Waals surface area contributed by atoms with Crippen molar-refractivity contribution in [3.05, 3.63) is 97.2 Å². The smallest absolute Gasteiger partial charge is 0.361 e. The molecule has 1 N–H and O–H groups in total. The lowest BCUT2D eigenvalue weighted by molar-refractivity contribution is -0.870. The van der Waals surface area contributed by atoms with Crippen molar-refractivity contribution in [3.63, 3.8) is 0 Å². The monoisotopic (exact) mass is 937 g/mol. The molecule has 9 heteroatoms. The minimum Gasteiger partial charge on any atom is -0.477 e. The lowest BCUT2D eigenvalue weighted by Gasteiger charge is -2.25. The summed E-state index contributed by atoms with van der Waals surface area (Å²) in [7, 11) is 5.94. The molecule has 0 aromatic rings. The van der Waals surface area contributed by atoms with E-state index in [2.05, 4.69) is 111 Å². The zero-order chi connectivity index (χ0) is 49.2. The third-order valence-electron chi connectivity index (χ3n) is 10.8. The van der Waals surface area contributed by atoms with Gasteiger partial charge in [0.2, 0.25) is 0 Å². The van der Waals surface area contributed by atoms with E-state index in [1.807, 2.05) is 21.1 Å². The SMILES string of the molecule is CC/C=C\C/C=C\C/C=C\C/C=C\C/C=C\CCCCCCCC(=O)OC(COC(=O)CCCCCCCC/C=C\C/C=C\C/C=C\CCCCCCC)COC(OCC[N+](C)(C)C)C(=O)O. The summed E-state index contributed by atoms with van der Waals surface area (Å²) in [5, 5.41) is 9.68. The Balaban J connectivity index is 4.42. The van der Waals surface area contributed by atoms with Gasteiger partial charge in [-0.25, -0.2) is 4.79 Å². The van der Waals surface area contributed by atoms with Crippen LogP contribution in [-0.2, 0) is 33.3 Å². The molecule has 0 bridgehead atoms. The van der Waals surface area contributed by atoms with Gasteiger partial charge < -0.3 is 28.5 Å². The highest BCUT2D eigenvalue weighted by Crippen LogP contribution is 2.13. The van der Waals surface area contributed by atoms with Crippen LogP contribution < -0.4 is 0 Å². The Morgan fingerprint density at radius 3 is 1.27 bits per heavy atom. The first kappa shape index (κ1) is 63.2. The number of hydrogen-bond acceptors (Lipinski definition) is 7. The number of allylic oxidation sites excluding steroid dienone is 16. The Hall–Kier alpha value is -3.79. The van der Waals surface area contributed by atoms with Crippen LogP contribution in [0, 0.1) is 0 Å². The van der Waals surface area contributed by atoms with Crippen molar-refractivity contribution in [2.45, 2.75) is 206 Å². The van der Waals surface area contributed by atoms with Crippen molar-refractivity contribution in [1.29, 1.82) is 0 Å². The highest BCUT2D eigenvalue weighted by Gasteiger charge is 2.25. The van der Waals surface area contributed by atoms with Gasteiger partial charge in [0.15, 0.2) is 6.10 Å². The van der Waals surface area contributed by atoms with Gasteiger partial charge in [0.25, 0.3) is 6.29 Å². The van der Waals surface area contributed by atoms with E-state index in [1.165, 1.54) is 51.4 Å². The molecular weight excluding hydrogens is 839 g/mol. The molecule has 0 aromatic heterocycles. The van der Waals surface area contributed by atoms with Crippen molar-refractivity contribution < 1.29 is 42.9 Å². The minimum absolute atomic E-state index is 0.176. The Bertz CT molecular complexity index is 1420. The van der Waals surface area contributed by atoms with Crippen LogP contribution >= 0.6 is 0 Å². The fraction of sp³-hybridized carbons (Fsp3) is 0.672. The van der Waals surface area contributed by atoms with Crippen LogP contribution in [0.15, 0.2) is 97.2 Å². The zero-order valence-corrected chi connectivity index (χ0v) is 43.3. The molecule has 0 aromatic carbocycles. The number of carbonyl (C=O) groups is 3. The summed E-state index contributed by atoms with van der Waals surface area (Å²) >= 11 is 0. The van der Waals surface area contributed by atoms with E-state index in [9.17, 15) is 19.5 Å². The number of ether oxygens (including phenoxy) is 4. The van der Waals surface area contributed by atoms with E-state index in [1.54, 1.807) is 0 Å². The van der Waals surface area contributed by atoms with Gasteiger partial charge in [-0.1, -0.05) is 182 Å². The van der Waals surface area contributed by atoms with Crippen molar-refractivity contribution in [1.82, 2.24) is 0 Å². The van der Waals surface area contributed by atoms with Gasteiger partial charge in [0.1, 0.15) is 13.2 Å². The Labute approximate surface area is 410 Å². The summed E-state index contributed by atoms with van der Waals surface area (Å²) in [6, 6.07) is 0. The van der Waals surface area contributed by atoms with Crippen molar-refractivity contribution in [2.24, 2.45) is 0 Å². The van der Waals surface area contributed by atoms with Gasteiger partial charge in [0.05, 0.1) is 34.4 Å². The van der Waals surface area contributed by atoms with E-state index in [0.29, 0.717) is 17.4 Å². The number of carboxylic acids is 1. The number of carboxylic acid groups (broad SMARTS) is 1. The third-order valence-corrected chi connectivity index (χ3v) is 10.8. The van der Waals surface area contributed by atoms with Crippen molar-refractivity contribution >= 4 is 17.9 Å². The largest absolute Gasteiger partial charge is 0.477 e. The quantitative estimate of drug-likeness (QED) is 0.0211. The van der Waals surface area contributed by atoms with Crippen LogP contribution in [0.4, 0.5) is 0 Å². The molecule has 9 nitrogen and oxygen atoms in total. The first-order valence-electron chi connectivity index (χ1n) is 26.4. The molecule has 0 spiro atoms. The highest BCUT2D eigenvalue weighted by molar-refractivity contribution is 5.71. The molecule has 0 fully saturated rings. The molecule has 67 heavy (non-hydrogen) atoms. The Morgan fingerprint density at radius 2 is 0.851 bits per heavy atom. The molecular formula is C58H98NO8+. The first-order chi connectivity index (χ1) is 32.6. The maximum absolute atomic E-state index is 12.8. The lowest BCUT2D eigenvalue weighted by Crippen LogP contribution is -2.40. The second-order valence-electron chi connectivity index (χ2n) is 18.4. The number of carbonyl (C=O) groups excluding carboxylic acids is 2. The van der Waals surface area contributed by atoms with Crippen LogP contribution in [0.1, 0.15) is 194 Å². The van der Waals surface area contributed by atoms with E-state index >= 15 is 0 Å². The standard InChI is InChI=1S/C58H97NO8/c1-6-8-10-12-14-16-18-20-22-24-26-28-30-32-34-36-38-40-42-44-46-48-55(60)65-52-54(53-66-58(57(62)63)64-51-50-59(3,4)5)67-56(61)49-47-45-43-41-39-37-35-33-31-29-27-25-23-21-19-17-15-13-11-9-7-2/h9,11,15,17-18,20-21,23-24,26-27,29-30,32-33,35,54,58H,6-8,10,12-14,16,19,22,25,28,31,34,36-53H2,1-5H3/p+1/b11-9-,17-15-,20-18-,23-21-,26-24-,29-27-,32-30-,35-33-. The van der Waals surface area contributed by atoms with Crippen LogP contribution in [-0.4, -0.2) is 87.4 Å². The van der Waals surface area contributed by atoms with Crippen LogP contribution in [0.2, 0.25) is 0 Å². The topological polar surface area (TPSA) is 108 Å². The molecule has 0 aliphatic heterocycles. The molecule has 2 unspecified atom stereocenters. The van der Waals surface area contributed by atoms with Crippen LogP contribution in [0.5, 0.6) is 0 Å². The van der Waals surface area contributed by atoms with Gasteiger partial charge in [0, 0.05) is 12.8 Å². The highest BCUT2D eigenvalue weighted by atomic mass is 16.7. The number of rotatable bonds is 47. The van der Waals surface area contributed by atoms with Gasteiger partial charge in [-0.2, -0.15) is 0 Å². The summed E-state index contributed by atoms with van der Waals surface area (Å²) in [4.78, 5) is 37.3. The zero-order valence-electron chi connectivity index (χ0n) is 43.3. The number of aliphatic carboxylic acids is 1. The van der Waals surface area contributed by atoms with Crippen LogP contribution in [0.3, 0.4) is 0 Å². The molecule has 0 radical (unpaired) electrons. The van der Waals surface area contributed by atoms with Crippen LogP contribution in [0.25, 0.3) is 0 Å². The number of hydrogen-bond donors (Lipinski definition) is 1. The minimum atomic E-state index is -1.52. The average molecular weight is 937 g/mol. The van der Waals surface area contributed by atoms with Gasteiger partial charge >= 0.3 is 17.9 Å². The predicted octanol–water partition coefficient (Wildman–Crippen LogP) is 15.0. The Kier molecular flexibility index (Phi) is 45.9. The number of esters is 2. The fourth-order valence-corrected chi connectivity index (χ4v) is 6.75. The summed E-state index contributed by atoms with van der Waals surface area (Å²) in [6.07, 6.45) is 61.8. The maximum atomic E-state index is 12.8. The molecule has 0 saturated heterocycles. The van der Waals surface area contributed by atoms with E-state index < -0.39 is 24.3 Å². The van der Waals surface area contributed by atoms with Crippen molar-refractivity contribution in [3.8, 4) is 0 Å². The Morgan fingerprint density at radius 1 is 0.463 bits per heavy atom. The molecule has 0 heterocycles. The van der Waals surface area contributed by atoms with E-state index in [-0.39, 0.29) is 38.6 Å². The lowest BCUT2D eigenvalue weighted by atomic mass is 10.1. The predicted molar refractivity (Wildman–Crippen MR) is 281 cm³/mol. The molecule has 0 rings (SSSR count). The number of nitrogens with zero attached hydrogens (tertiary/aromatic N) is 1. The molecule has 2 atom stereocenters. The molecule has 382 valence electrons. The summed E-state index contributed by atoms with van der Waals surface area (Å²) < 4.78 is 22.8. The molecule has 0 aliphatic rings. The van der Waals surface area contributed by atoms with Gasteiger partial charge in [-0.05, 0) is 96.3 Å². The average Bonchev–Trinajstić information content (AvgIpc) is 3.29. The third kappa shape index (κ3) is 49.9. The number of unbranched alkanes of at least 4 members (excludes halogenated alkanes) is 16. The van der Waals surface area contributed by atoms with Gasteiger partial charge in [-0.15, -0.1) is 0 Å². The van der Waals surface area contributed by atoms with E-state index in [4.69, 9.17) is 18.9 Å². The summed E-state index contributed by atoms with van der Waals surface area (Å²) in [6.45, 7) is 4.69. The summed E-state index contributed by atoms with van der Waals surface area (Å²) in [5.74, 6) is -2.06. The maximum Gasteiger partial charge on any atom is 0.361 e. The number of quaternary nitrogens is 1. The van der Waals surface area contributed by atoms with Crippen molar-refractivity contribution in [2.75, 3.05) is 47.5 Å². The normalized spacial score (nSPS) is 13.6. The fourth-order valence-electron chi connectivity index (χ4n) is 6.75. The second-order valence-corrected chi connectivity index (χ2v) is 18.4. The molecule has 0 saturated carbocycles. The molecule has 0 amide bonds. The summed E-state index contributed by atoms with van der Waals surface area (Å²) in [5.41, 5.74) is 0.